The lowest BCUT2D eigenvalue weighted by molar-refractivity contribution is 0.930. The van der Waals surface area contributed by atoms with Crippen molar-refractivity contribution >= 4 is 0 Å². The molecule has 0 N–H and O–H groups in total. The van der Waals surface area contributed by atoms with Crippen molar-refractivity contribution < 1.29 is 0 Å². The van der Waals surface area contributed by atoms with Crippen LogP contribution in [0.15, 0.2) is 59.7 Å². The van der Waals surface area contributed by atoms with Crippen LogP contribution in [0.5, 0.6) is 0 Å². The quantitative estimate of drug-likeness (QED) is 0.589. The molecular weight excluding hydrogens is 180 g/mol. The maximum Gasteiger partial charge on any atom is 0.0272 e. The standard InChI is InChI=1S/C15H14/c1-11-6-9-15-13(10-11)8-7-12-4-2-3-5-14(12)15/h2-6,8-10,15H,7H2,1H3. The Morgan fingerprint density at radius 2 is 2.07 bits per heavy atom. The molecular formula is C15H14. The molecule has 0 saturated carbocycles. The molecule has 2 aliphatic rings. The van der Waals surface area contributed by atoms with Gasteiger partial charge in [0.05, 0.1) is 0 Å². The van der Waals surface area contributed by atoms with Crippen molar-refractivity contribution in [3.63, 3.8) is 0 Å². The van der Waals surface area contributed by atoms with E-state index >= 15 is 0 Å². The van der Waals surface area contributed by atoms with Crippen LogP contribution in [0.2, 0.25) is 0 Å². The summed E-state index contributed by atoms with van der Waals surface area (Å²) < 4.78 is 0. The molecule has 1 unspecified atom stereocenters. The van der Waals surface area contributed by atoms with E-state index in [1.807, 2.05) is 0 Å². The summed E-state index contributed by atoms with van der Waals surface area (Å²) in [5.41, 5.74) is 5.78. The van der Waals surface area contributed by atoms with Crippen LogP contribution in [-0.2, 0) is 6.42 Å². The zero-order valence-electron chi connectivity index (χ0n) is 8.90. The van der Waals surface area contributed by atoms with Crippen molar-refractivity contribution in [3.05, 3.63) is 70.8 Å². The second-order valence-electron chi connectivity index (χ2n) is 4.33. The van der Waals surface area contributed by atoms with Gasteiger partial charge in [-0.15, -0.1) is 0 Å². The van der Waals surface area contributed by atoms with E-state index in [2.05, 4.69) is 55.5 Å². The van der Waals surface area contributed by atoms with Gasteiger partial charge in [-0.1, -0.05) is 54.1 Å². The largest absolute Gasteiger partial charge is 0.0760 e. The Morgan fingerprint density at radius 3 is 3.00 bits per heavy atom. The van der Waals surface area contributed by atoms with Gasteiger partial charge in [0.1, 0.15) is 0 Å². The Morgan fingerprint density at radius 1 is 1.20 bits per heavy atom. The number of hydrogen-bond donors (Lipinski definition) is 0. The lowest BCUT2D eigenvalue weighted by Gasteiger charge is -2.25. The summed E-state index contributed by atoms with van der Waals surface area (Å²) in [6.07, 6.45) is 10.3. The first kappa shape index (κ1) is 8.72. The van der Waals surface area contributed by atoms with Crippen molar-refractivity contribution in [2.75, 3.05) is 0 Å². The Balaban J connectivity index is 2.12. The first-order chi connectivity index (χ1) is 7.34. The molecule has 0 spiro atoms. The highest BCUT2D eigenvalue weighted by atomic mass is 14.2. The number of hydrogen-bond acceptors (Lipinski definition) is 0. The summed E-state index contributed by atoms with van der Waals surface area (Å²) in [7, 11) is 0. The zero-order chi connectivity index (χ0) is 10.3. The van der Waals surface area contributed by atoms with Crippen LogP contribution in [-0.4, -0.2) is 0 Å². The first-order valence-electron chi connectivity index (χ1n) is 5.49. The molecule has 0 heterocycles. The van der Waals surface area contributed by atoms with Gasteiger partial charge in [0.25, 0.3) is 0 Å². The van der Waals surface area contributed by atoms with Gasteiger partial charge in [0.15, 0.2) is 0 Å². The third kappa shape index (κ3) is 1.37. The first-order valence-corrected chi connectivity index (χ1v) is 5.49. The molecule has 0 amide bonds. The number of benzene rings is 1. The smallest absolute Gasteiger partial charge is 0.0272 e. The van der Waals surface area contributed by atoms with Crippen LogP contribution >= 0.6 is 0 Å². The van der Waals surface area contributed by atoms with Crippen LogP contribution in [0.4, 0.5) is 0 Å². The molecule has 0 saturated heterocycles. The third-order valence-electron chi connectivity index (χ3n) is 3.25. The molecule has 0 heteroatoms. The summed E-state index contributed by atoms with van der Waals surface area (Å²) in [6.45, 7) is 2.16. The SMILES string of the molecule is CC1=CC2=CCc3ccccc3C2C=C1. The van der Waals surface area contributed by atoms with E-state index in [1.165, 1.54) is 22.3 Å². The highest BCUT2D eigenvalue weighted by Crippen LogP contribution is 2.37. The molecule has 0 aromatic heterocycles. The molecule has 15 heavy (non-hydrogen) atoms. The Labute approximate surface area is 90.6 Å². The van der Waals surface area contributed by atoms with Crippen molar-refractivity contribution in [3.8, 4) is 0 Å². The molecule has 0 radical (unpaired) electrons. The zero-order valence-corrected chi connectivity index (χ0v) is 8.90. The minimum Gasteiger partial charge on any atom is -0.0760 e. The van der Waals surface area contributed by atoms with Crippen molar-refractivity contribution in [2.24, 2.45) is 0 Å². The molecule has 2 aliphatic carbocycles. The van der Waals surface area contributed by atoms with Crippen molar-refractivity contribution in [1.29, 1.82) is 0 Å². The van der Waals surface area contributed by atoms with E-state index in [0.29, 0.717) is 5.92 Å². The molecule has 0 fully saturated rings. The fourth-order valence-electron chi connectivity index (χ4n) is 2.48. The van der Waals surface area contributed by atoms with Gasteiger partial charge in [-0.05, 0) is 30.0 Å². The van der Waals surface area contributed by atoms with Crippen LogP contribution in [0.1, 0.15) is 24.0 Å². The minimum absolute atomic E-state index is 0.499. The van der Waals surface area contributed by atoms with Crippen LogP contribution in [0.25, 0.3) is 0 Å². The summed E-state index contributed by atoms with van der Waals surface area (Å²) in [5.74, 6) is 0.499. The van der Waals surface area contributed by atoms with Gasteiger partial charge in [-0.3, -0.25) is 0 Å². The van der Waals surface area contributed by atoms with Gasteiger partial charge in [0.2, 0.25) is 0 Å². The second kappa shape index (κ2) is 3.23. The summed E-state index contributed by atoms with van der Waals surface area (Å²) in [4.78, 5) is 0. The number of fused-ring (bicyclic) bond motifs is 3. The minimum atomic E-state index is 0.499. The Kier molecular flexibility index (Phi) is 1.88. The molecule has 1 aromatic carbocycles. The average Bonchev–Trinajstić information content (AvgIpc) is 2.28. The fraction of sp³-hybridized carbons (Fsp3) is 0.200. The summed E-state index contributed by atoms with van der Waals surface area (Å²) in [5, 5.41) is 0. The topological polar surface area (TPSA) is 0 Å². The van der Waals surface area contributed by atoms with Crippen LogP contribution in [0.3, 0.4) is 0 Å². The van der Waals surface area contributed by atoms with Gasteiger partial charge in [-0.25, -0.2) is 0 Å². The average molecular weight is 194 g/mol. The summed E-state index contributed by atoms with van der Waals surface area (Å²) >= 11 is 0. The Bertz CT molecular complexity index is 487. The maximum atomic E-state index is 2.36. The molecule has 3 rings (SSSR count). The molecule has 1 atom stereocenters. The predicted octanol–water partition coefficient (Wildman–Crippen LogP) is 3.77. The monoisotopic (exact) mass is 194 g/mol. The van der Waals surface area contributed by atoms with Gasteiger partial charge in [0, 0.05) is 5.92 Å². The molecule has 0 nitrogen and oxygen atoms in total. The fourth-order valence-corrected chi connectivity index (χ4v) is 2.48. The molecule has 0 aliphatic heterocycles. The lowest BCUT2D eigenvalue weighted by Crippen LogP contribution is -2.09. The van der Waals surface area contributed by atoms with Crippen molar-refractivity contribution in [2.45, 2.75) is 19.3 Å². The van der Waals surface area contributed by atoms with Crippen molar-refractivity contribution in [1.82, 2.24) is 0 Å². The molecule has 1 aromatic rings. The highest BCUT2D eigenvalue weighted by molar-refractivity contribution is 5.52. The van der Waals surface area contributed by atoms with E-state index in [0.717, 1.165) is 6.42 Å². The third-order valence-corrected chi connectivity index (χ3v) is 3.25. The van der Waals surface area contributed by atoms with Crippen LogP contribution in [0, 0.1) is 0 Å². The van der Waals surface area contributed by atoms with E-state index in [1.54, 1.807) is 0 Å². The van der Waals surface area contributed by atoms with Gasteiger partial charge >= 0.3 is 0 Å². The highest BCUT2D eigenvalue weighted by Gasteiger charge is 2.20. The van der Waals surface area contributed by atoms with Crippen LogP contribution < -0.4 is 0 Å². The van der Waals surface area contributed by atoms with Gasteiger partial charge in [-0.2, -0.15) is 0 Å². The van der Waals surface area contributed by atoms with E-state index in [-0.39, 0.29) is 0 Å². The number of rotatable bonds is 0. The predicted molar refractivity (Wildman–Crippen MR) is 63.9 cm³/mol. The van der Waals surface area contributed by atoms with E-state index in [4.69, 9.17) is 0 Å². The normalized spacial score (nSPS) is 22.6. The Hall–Kier alpha value is -1.56. The van der Waals surface area contributed by atoms with E-state index < -0.39 is 0 Å². The lowest BCUT2D eigenvalue weighted by atomic mass is 9.79. The molecule has 0 bridgehead atoms. The van der Waals surface area contributed by atoms with Gasteiger partial charge < -0.3 is 0 Å². The number of allylic oxidation sites excluding steroid dienone is 6. The molecule has 74 valence electrons. The van der Waals surface area contributed by atoms with E-state index in [9.17, 15) is 0 Å². The summed E-state index contributed by atoms with van der Waals surface area (Å²) in [6, 6.07) is 8.76. The second-order valence-corrected chi connectivity index (χ2v) is 4.33. The maximum absolute atomic E-state index is 2.36.